The van der Waals surface area contributed by atoms with Crippen molar-refractivity contribution in [2.45, 2.75) is 38.4 Å². The fourth-order valence-corrected chi connectivity index (χ4v) is 1.82. The second-order valence-electron chi connectivity index (χ2n) is 4.65. The molecule has 1 N–H and O–H groups in total. The van der Waals surface area contributed by atoms with E-state index in [-0.39, 0.29) is 35.8 Å². The molecule has 0 aliphatic carbocycles. The van der Waals surface area contributed by atoms with Gasteiger partial charge in [-0.1, -0.05) is 0 Å². The Kier molecular flexibility index (Phi) is 5.52. The number of hydrogen-bond acceptors (Lipinski definition) is 4. The molecule has 0 radical (unpaired) electrons. The Morgan fingerprint density at radius 3 is 2.67 bits per heavy atom. The SMILES string of the molecule is CC(CCCC(F)(F)F)Nc1ccc(C#N)cc1[N+](=O)[O-]. The number of nitrogens with one attached hydrogen (secondary N) is 1. The highest BCUT2D eigenvalue weighted by Gasteiger charge is 2.26. The zero-order valence-corrected chi connectivity index (χ0v) is 11.3. The molecule has 0 heterocycles. The van der Waals surface area contributed by atoms with Crippen LogP contribution in [0, 0.1) is 21.4 Å². The molecule has 5 nitrogen and oxygen atoms in total. The number of halogens is 3. The molecule has 21 heavy (non-hydrogen) atoms. The predicted molar refractivity (Wildman–Crippen MR) is 70.8 cm³/mol. The van der Waals surface area contributed by atoms with E-state index in [1.54, 1.807) is 13.0 Å². The normalized spacial score (nSPS) is 12.5. The lowest BCUT2D eigenvalue weighted by Gasteiger charge is -2.15. The van der Waals surface area contributed by atoms with Gasteiger partial charge in [0.15, 0.2) is 0 Å². The highest BCUT2D eigenvalue weighted by molar-refractivity contribution is 5.64. The third-order valence-corrected chi connectivity index (χ3v) is 2.82. The Balaban J connectivity index is 2.70. The summed E-state index contributed by atoms with van der Waals surface area (Å²) >= 11 is 0. The minimum atomic E-state index is -4.19. The van der Waals surface area contributed by atoms with Crippen molar-refractivity contribution in [1.82, 2.24) is 0 Å². The van der Waals surface area contributed by atoms with E-state index in [9.17, 15) is 23.3 Å². The molecular weight excluding hydrogens is 287 g/mol. The molecule has 0 saturated heterocycles. The van der Waals surface area contributed by atoms with E-state index in [0.717, 1.165) is 6.07 Å². The van der Waals surface area contributed by atoms with Crippen molar-refractivity contribution in [2.24, 2.45) is 0 Å². The van der Waals surface area contributed by atoms with Gasteiger partial charge in [-0.2, -0.15) is 18.4 Å². The molecule has 1 atom stereocenters. The first-order valence-corrected chi connectivity index (χ1v) is 6.25. The van der Waals surface area contributed by atoms with Crippen LogP contribution in [0.15, 0.2) is 18.2 Å². The van der Waals surface area contributed by atoms with Gasteiger partial charge in [-0.05, 0) is 31.9 Å². The van der Waals surface area contributed by atoms with Gasteiger partial charge in [0, 0.05) is 18.5 Å². The molecule has 1 unspecified atom stereocenters. The summed E-state index contributed by atoms with van der Waals surface area (Å²) in [5.41, 5.74) is 0.0761. The van der Waals surface area contributed by atoms with Crippen molar-refractivity contribution in [2.75, 3.05) is 5.32 Å². The monoisotopic (exact) mass is 301 g/mol. The first kappa shape index (κ1) is 16.8. The van der Waals surface area contributed by atoms with Gasteiger partial charge in [0.05, 0.1) is 16.6 Å². The number of hydrogen-bond donors (Lipinski definition) is 1. The maximum absolute atomic E-state index is 12.0. The molecule has 0 saturated carbocycles. The molecule has 0 aromatic heterocycles. The van der Waals surface area contributed by atoms with Gasteiger partial charge in [-0.3, -0.25) is 10.1 Å². The van der Waals surface area contributed by atoms with Crippen LogP contribution in [0.4, 0.5) is 24.5 Å². The minimum Gasteiger partial charge on any atom is -0.377 e. The van der Waals surface area contributed by atoms with Crippen LogP contribution >= 0.6 is 0 Å². The third-order valence-electron chi connectivity index (χ3n) is 2.82. The lowest BCUT2D eigenvalue weighted by molar-refractivity contribution is -0.384. The van der Waals surface area contributed by atoms with Gasteiger partial charge >= 0.3 is 6.18 Å². The maximum atomic E-state index is 12.0. The molecule has 0 fully saturated rings. The van der Waals surface area contributed by atoms with Crippen LogP contribution in [0.1, 0.15) is 31.7 Å². The van der Waals surface area contributed by atoms with Crippen molar-refractivity contribution in [1.29, 1.82) is 5.26 Å². The summed E-state index contributed by atoms with van der Waals surface area (Å²) in [7, 11) is 0. The quantitative estimate of drug-likeness (QED) is 0.636. The average molecular weight is 301 g/mol. The van der Waals surface area contributed by atoms with Crippen LogP contribution in [0.2, 0.25) is 0 Å². The number of benzene rings is 1. The summed E-state index contributed by atoms with van der Waals surface area (Å²) in [6.45, 7) is 1.65. The molecule has 0 aliphatic rings. The number of rotatable bonds is 6. The number of anilines is 1. The molecule has 0 amide bonds. The van der Waals surface area contributed by atoms with Crippen LogP contribution in [-0.4, -0.2) is 17.1 Å². The Labute approximate surface area is 119 Å². The Morgan fingerprint density at radius 2 is 2.14 bits per heavy atom. The topological polar surface area (TPSA) is 79.0 Å². The molecule has 0 bridgehead atoms. The molecule has 114 valence electrons. The van der Waals surface area contributed by atoms with E-state index < -0.39 is 17.5 Å². The molecule has 8 heteroatoms. The smallest absolute Gasteiger partial charge is 0.377 e. The van der Waals surface area contributed by atoms with Crippen LogP contribution in [0.3, 0.4) is 0 Å². The molecule has 1 rings (SSSR count). The zero-order chi connectivity index (χ0) is 16.0. The fraction of sp³-hybridized carbons (Fsp3) is 0.462. The van der Waals surface area contributed by atoms with Crippen molar-refractivity contribution in [3.8, 4) is 6.07 Å². The first-order valence-electron chi connectivity index (χ1n) is 6.25. The summed E-state index contributed by atoms with van der Waals surface area (Å²) in [5, 5.41) is 22.4. The average Bonchev–Trinajstić information content (AvgIpc) is 2.37. The van der Waals surface area contributed by atoms with Crippen molar-refractivity contribution in [3.05, 3.63) is 33.9 Å². The Hall–Kier alpha value is -2.30. The summed E-state index contributed by atoms with van der Waals surface area (Å²) in [5.74, 6) is 0. The summed E-state index contributed by atoms with van der Waals surface area (Å²) in [6.07, 6.45) is -4.90. The van der Waals surface area contributed by atoms with Gasteiger partial charge in [0.2, 0.25) is 0 Å². The summed E-state index contributed by atoms with van der Waals surface area (Å²) in [4.78, 5) is 10.3. The van der Waals surface area contributed by atoms with Crippen LogP contribution in [0.25, 0.3) is 0 Å². The van der Waals surface area contributed by atoms with E-state index >= 15 is 0 Å². The van der Waals surface area contributed by atoms with E-state index in [2.05, 4.69) is 5.32 Å². The number of nitro groups is 1. The largest absolute Gasteiger partial charge is 0.389 e. The van der Waals surface area contributed by atoms with E-state index in [1.807, 2.05) is 0 Å². The highest BCUT2D eigenvalue weighted by Crippen LogP contribution is 2.27. The predicted octanol–water partition coefficient (Wildman–Crippen LogP) is 4.00. The van der Waals surface area contributed by atoms with Crippen LogP contribution in [0.5, 0.6) is 0 Å². The fourth-order valence-electron chi connectivity index (χ4n) is 1.82. The van der Waals surface area contributed by atoms with Gasteiger partial charge in [-0.15, -0.1) is 0 Å². The Morgan fingerprint density at radius 1 is 1.48 bits per heavy atom. The van der Waals surface area contributed by atoms with E-state index in [4.69, 9.17) is 5.26 Å². The second-order valence-corrected chi connectivity index (χ2v) is 4.65. The first-order chi connectivity index (χ1) is 9.73. The summed E-state index contributed by atoms with van der Waals surface area (Å²) < 4.78 is 36.1. The van der Waals surface area contributed by atoms with Gasteiger partial charge < -0.3 is 5.32 Å². The standard InChI is InChI=1S/C13H14F3N3O2/c1-9(3-2-6-13(14,15)16)18-11-5-4-10(8-17)7-12(11)19(20)21/h4-5,7,9,18H,2-3,6H2,1H3. The third kappa shape index (κ3) is 5.69. The lowest BCUT2D eigenvalue weighted by atomic mass is 10.1. The zero-order valence-electron chi connectivity index (χ0n) is 11.3. The Bertz CT molecular complexity index is 553. The van der Waals surface area contributed by atoms with Crippen molar-refractivity contribution >= 4 is 11.4 Å². The molecule has 0 spiro atoms. The van der Waals surface area contributed by atoms with E-state index in [0.29, 0.717) is 0 Å². The summed E-state index contributed by atoms with van der Waals surface area (Å²) in [6, 6.07) is 5.38. The van der Waals surface area contributed by atoms with Gasteiger partial charge in [-0.25, -0.2) is 0 Å². The minimum absolute atomic E-state index is 0.0538. The highest BCUT2D eigenvalue weighted by atomic mass is 19.4. The molecular formula is C13H14F3N3O2. The number of alkyl halides is 3. The maximum Gasteiger partial charge on any atom is 0.389 e. The second kappa shape index (κ2) is 6.92. The van der Waals surface area contributed by atoms with Crippen molar-refractivity contribution < 1.29 is 18.1 Å². The molecule has 1 aromatic carbocycles. The molecule has 0 aliphatic heterocycles. The van der Waals surface area contributed by atoms with Gasteiger partial charge in [0.25, 0.3) is 5.69 Å². The van der Waals surface area contributed by atoms with Crippen molar-refractivity contribution in [3.63, 3.8) is 0 Å². The number of nitro benzene ring substituents is 1. The number of nitriles is 1. The van der Waals surface area contributed by atoms with Gasteiger partial charge in [0.1, 0.15) is 5.69 Å². The number of nitrogens with zero attached hydrogens (tertiary/aromatic N) is 2. The van der Waals surface area contributed by atoms with Crippen LogP contribution in [-0.2, 0) is 0 Å². The lowest BCUT2D eigenvalue weighted by Crippen LogP contribution is -2.17. The molecule has 1 aromatic rings. The van der Waals surface area contributed by atoms with E-state index in [1.165, 1.54) is 12.1 Å². The van der Waals surface area contributed by atoms with Crippen LogP contribution < -0.4 is 5.32 Å².